The van der Waals surface area contributed by atoms with Crippen molar-refractivity contribution in [2.45, 2.75) is 6.04 Å². The summed E-state index contributed by atoms with van der Waals surface area (Å²) >= 11 is 0. The number of urea groups is 1. The van der Waals surface area contributed by atoms with Gasteiger partial charge in [0.2, 0.25) is 0 Å². The second-order valence-electron chi connectivity index (χ2n) is 5.71. The van der Waals surface area contributed by atoms with E-state index < -0.39 is 5.97 Å². The van der Waals surface area contributed by atoms with Gasteiger partial charge in [-0.3, -0.25) is 4.90 Å². The number of hydrogen-bond donors (Lipinski definition) is 1. The average molecular weight is 319 g/mol. The van der Waals surface area contributed by atoms with E-state index >= 15 is 0 Å². The molecule has 2 heterocycles. The number of carbonyl (C=O) groups excluding carboxylic acids is 2. The number of nitrogens with zero attached hydrogens (tertiary/aromatic N) is 2. The Bertz CT molecular complexity index is 580. The third-order valence-electron chi connectivity index (χ3n) is 4.25. The summed E-state index contributed by atoms with van der Waals surface area (Å²) in [6.45, 7) is 4.85. The zero-order chi connectivity index (χ0) is 16.2. The highest BCUT2D eigenvalue weighted by atomic mass is 16.5. The van der Waals surface area contributed by atoms with Crippen molar-refractivity contribution in [2.24, 2.45) is 0 Å². The van der Waals surface area contributed by atoms with Gasteiger partial charge in [-0.2, -0.15) is 0 Å². The van der Waals surface area contributed by atoms with Crippen LogP contribution in [0.2, 0.25) is 0 Å². The maximum absolute atomic E-state index is 12.2. The number of methoxy groups -OCH3 is 1. The molecule has 0 aliphatic carbocycles. The number of rotatable bonds is 3. The molecule has 0 unspecified atom stereocenters. The number of morpholine rings is 1. The molecule has 7 heteroatoms. The van der Waals surface area contributed by atoms with E-state index in [1.807, 2.05) is 0 Å². The summed E-state index contributed by atoms with van der Waals surface area (Å²) in [5.74, 6) is -0.419. The molecular weight excluding hydrogens is 298 g/mol. The van der Waals surface area contributed by atoms with Crippen LogP contribution in [0.15, 0.2) is 24.3 Å². The van der Waals surface area contributed by atoms with Gasteiger partial charge in [0.05, 0.1) is 25.9 Å². The first-order valence-electron chi connectivity index (χ1n) is 7.73. The SMILES string of the molecule is COC(=O)c1cccc(NC(=O)N2CC(N3CCOCC3)C2)c1. The lowest BCUT2D eigenvalue weighted by molar-refractivity contribution is -0.0189. The van der Waals surface area contributed by atoms with Gasteiger partial charge in [-0.15, -0.1) is 0 Å². The summed E-state index contributed by atoms with van der Waals surface area (Å²) in [5.41, 5.74) is 1.01. The highest BCUT2D eigenvalue weighted by Gasteiger charge is 2.35. The Labute approximate surface area is 135 Å². The van der Waals surface area contributed by atoms with Crippen LogP contribution in [0, 0.1) is 0 Å². The summed E-state index contributed by atoms with van der Waals surface area (Å²) in [5, 5.41) is 2.82. The molecule has 2 aliphatic heterocycles. The topological polar surface area (TPSA) is 71.1 Å². The van der Waals surface area contributed by atoms with E-state index in [-0.39, 0.29) is 6.03 Å². The molecule has 0 radical (unpaired) electrons. The molecule has 2 amide bonds. The van der Waals surface area contributed by atoms with Gasteiger partial charge in [-0.05, 0) is 18.2 Å². The molecule has 0 atom stereocenters. The number of amides is 2. The molecule has 23 heavy (non-hydrogen) atoms. The van der Waals surface area contributed by atoms with Crippen LogP contribution in [0.4, 0.5) is 10.5 Å². The summed E-state index contributed by atoms with van der Waals surface area (Å²) in [7, 11) is 1.33. The monoisotopic (exact) mass is 319 g/mol. The third kappa shape index (κ3) is 3.62. The van der Waals surface area contributed by atoms with Gasteiger partial charge in [0, 0.05) is 37.9 Å². The average Bonchev–Trinajstić information content (AvgIpc) is 2.54. The van der Waals surface area contributed by atoms with Crippen LogP contribution in [0.25, 0.3) is 0 Å². The fourth-order valence-corrected chi connectivity index (χ4v) is 2.84. The number of benzene rings is 1. The lowest BCUT2D eigenvalue weighted by Crippen LogP contribution is -2.63. The van der Waals surface area contributed by atoms with Crippen LogP contribution in [0.5, 0.6) is 0 Å². The van der Waals surface area contributed by atoms with Gasteiger partial charge in [-0.1, -0.05) is 6.07 Å². The standard InChI is InChI=1S/C16H21N3O4/c1-22-15(20)12-3-2-4-13(9-12)17-16(21)19-10-14(11-19)18-5-7-23-8-6-18/h2-4,9,14H,5-8,10-11H2,1H3,(H,17,21). The van der Waals surface area contributed by atoms with Gasteiger partial charge >= 0.3 is 12.0 Å². The number of ether oxygens (including phenoxy) is 2. The van der Waals surface area contributed by atoms with E-state index in [9.17, 15) is 9.59 Å². The fourth-order valence-electron chi connectivity index (χ4n) is 2.84. The predicted molar refractivity (Wildman–Crippen MR) is 84.6 cm³/mol. The summed E-state index contributed by atoms with van der Waals surface area (Å²) < 4.78 is 10.0. The number of likely N-dealkylation sites (tertiary alicyclic amines) is 1. The zero-order valence-electron chi connectivity index (χ0n) is 13.2. The van der Waals surface area contributed by atoms with Crippen molar-refractivity contribution in [2.75, 3.05) is 51.8 Å². The minimum absolute atomic E-state index is 0.142. The molecule has 0 saturated carbocycles. The van der Waals surface area contributed by atoms with E-state index in [0.29, 0.717) is 17.3 Å². The number of anilines is 1. The molecule has 3 rings (SSSR count). The molecule has 1 N–H and O–H groups in total. The van der Waals surface area contributed by atoms with Crippen LogP contribution in [-0.2, 0) is 9.47 Å². The van der Waals surface area contributed by atoms with Crippen LogP contribution in [0.3, 0.4) is 0 Å². The predicted octanol–water partition coefficient (Wildman–Crippen LogP) is 1.02. The van der Waals surface area contributed by atoms with Crippen molar-refractivity contribution in [1.82, 2.24) is 9.80 Å². The first-order valence-corrected chi connectivity index (χ1v) is 7.73. The third-order valence-corrected chi connectivity index (χ3v) is 4.25. The van der Waals surface area contributed by atoms with Crippen molar-refractivity contribution in [1.29, 1.82) is 0 Å². The van der Waals surface area contributed by atoms with Gasteiger partial charge in [0.25, 0.3) is 0 Å². The van der Waals surface area contributed by atoms with Crippen LogP contribution < -0.4 is 5.32 Å². The smallest absolute Gasteiger partial charge is 0.337 e. The van der Waals surface area contributed by atoms with E-state index in [1.54, 1.807) is 29.2 Å². The molecule has 2 fully saturated rings. The Morgan fingerprint density at radius 2 is 2.00 bits per heavy atom. The van der Waals surface area contributed by atoms with E-state index in [1.165, 1.54) is 7.11 Å². The van der Waals surface area contributed by atoms with E-state index in [4.69, 9.17) is 4.74 Å². The van der Waals surface area contributed by atoms with Crippen molar-refractivity contribution in [3.8, 4) is 0 Å². The molecule has 0 spiro atoms. The van der Waals surface area contributed by atoms with Crippen molar-refractivity contribution in [3.05, 3.63) is 29.8 Å². The molecule has 124 valence electrons. The van der Waals surface area contributed by atoms with Crippen LogP contribution >= 0.6 is 0 Å². The molecule has 7 nitrogen and oxygen atoms in total. The Morgan fingerprint density at radius 3 is 2.70 bits per heavy atom. The summed E-state index contributed by atoms with van der Waals surface area (Å²) in [6.07, 6.45) is 0. The van der Waals surface area contributed by atoms with Gasteiger partial charge in [-0.25, -0.2) is 9.59 Å². The molecule has 2 aliphatic rings. The Balaban J connectivity index is 1.51. The van der Waals surface area contributed by atoms with Gasteiger partial charge in [0.1, 0.15) is 0 Å². The highest BCUT2D eigenvalue weighted by molar-refractivity contribution is 5.94. The zero-order valence-corrected chi connectivity index (χ0v) is 13.2. The summed E-state index contributed by atoms with van der Waals surface area (Å²) in [6, 6.07) is 7.02. The van der Waals surface area contributed by atoms with E-state index in [0.717, 1.165) is 39.4 Å². The largest absolute Gasteiger partial charge is 0.465 e. The number of carbonyl (C=O) groups is 2. The Hall–Kier alpha value is -2.12. The number of hydrogen-bond acceptors (Lipinski definition) is 5. The first-order chi connectivity index (χ1) is 11.2. The van der Waals surface area contributed by atoms with Crippen LogP contribution in [-0.4, -0.2) is 74.3 Å². The lowest BCUT2D eigenvalue weighted by Gasteiger charge is -2.46. The number of nitrogens with one attached hydrogen (secondary N) is 1. The number of esters is 1. The highest BCUT2D eigenvalue weighted by Crippen LogP contribution is 2.18. The minimum Gasteiger partial charge on any atom is -0.465 e. The van der Waals surface area contributed by atoms with Gasteiger partial charge in [0.15, 0.2) is 0 Å². The van der Waals surface area contributed by atoms with Crippen LogP contribution in [0.1, 0.15) is 10.4 Å². The molecular formula is C16H21N3O4. The lowest BCUT2D eigenvalue weighted by atomic mass is 10.1. The van der Waals surface area contributed by atoms with Crippen molar-refractivity contribution >= 4 is 17.7 Å². The Morgan fingerprint density at radius 1 is 1.26 bits per heavy atom. The normalized spacial score (nSPS) is 19.1. The fraction of sp³-hybridized carbons (Fsp3) is 0.500. The summed E-state index contributed by atoms with van der Waals surface area (Å²) in [4.78, 5) is 27.9. The molecule has 0 aromatic heterocycles. The second kappa shape index (κ2) is 6.97. The van der Waals surface area contributed by atoms with E-state index in [2.05, 4.69) is 15.0 Å². The maximum atomic E-state index is 12.2. The minimum atomic E-state index is -0.419. The molecule has 1 aromatic rings. The van der Waals surface area contributed by atoms with Crippen molar-refractivity contribution in [3.63, 3.8) is 0 Å². The second-order valence-corrected chi connectivity index (χ2v) is 5.71. The quantitative estimate of drug-likeness (QED) is 0.842. The Kier molecular flexibility index (Phi) is 4.78. The van der Waals surface area contributed by atoms with Crippen molar-refractivity contribution < 1.29 is 19.1 Å². The van der Waals surface area contributed by atoms with Gasteiger partial charge < -0.3 is 19.7 Å². The first kappa shape index (κ1) is 15.8. The molecule has 1 aromatic carbocycles. The molecule has 2 saturated heterocycles. The maximum Gasteiger partial charge on any atom is 0.337 e. The molecule has 0 bridgehead atoms.